The lowest BCUT2D eigenvalue weighted by Gasteiger charge is -2.10. The fourth-order valence-electron chi connectivity index (χ4n) is 1.89. The highest BCUT2D eigenvalue weighted by Gasteiger charge is 2.35. The van der Waals surface area contributed by atoms with Crippen molar-refractivity contribution in [2.75, 3.05) is 13.2 Å². The highest BCUT2D eigenvalue weighted by molar-refractivity contribution is 5.70. The molecule has 3 atom stereocenters. The van der Waals surface area contributed by atoms with Gasteiger partial charge >= 0.3 is 6.09 Å². The number of hydrogen-bond acceptors (Lipinski definition) is 6. The van der Waals surface area contributed by atoms with Crippen LogP contribution in [0, 0.1) is 0 Å². The van der Waals surface area contributed by atoms with Gasteiger partial charge < -0.3 is 19.7 Å². The molecule has 18 heavy (non-hydrogen) atoms. The first-order valence-corrected chi connectivity index (χ1v) is 5.81. The average Bonchev–Trinajstić information content (AvgIpc) is 2.95. The minimum atomic E-state index is -0.715. The zero-order valence-corrected chi connectivity index (χ0v) is 10.0. The van der Waals surface area contributed by atoms with Crippen molar-refractivity contribution in [3.63, 3.8) is 0 Å². The van der Waals surface area contributed by atoms with Gasteiger partial charge in [-0.1, -0.05) is 0 Å². The van der Waals surface area contributed by atoms with E-state index in [1.165, 1.54) is 17.1 Å². The lowest BCUT2D eigenvalue weighted by molar-refractivity contribution is -0.0235. The van der Waals surface area contributed by atoms with E-state index in [9.17, 15) is 9.90 Å². The highest BCUT2D eigenvalue weighted by atomic mass is 16.5. The van der Waals surface area contributed by atoms with Crippen LogP contribution in [0.1, 0.15) is 25.1 Å². The molecule has 1 aromatic rings. The van der Waals surface area contributed by atoms with E-state index in [2.05, 4.69) is 4.98 Å². The Kier molecular flexibility index (Phi) is 3.95. The highest BCUT2D eigenvalue weighted by Crippen LogP contribution is 2.31. The number of nitrogens with zero attached hydrogens (tertiary/aromatic N) is 2. The second-order valence-electron chi connectivity index (χ2n) is 4.05. The molecule has 100 valence electrons. The molecule has 1 saturated heterocycles. The first-order valence-electron chi connectivity index (χ1n) is 5.81. The summed E-state index contributed by atoms with van der Waals surface area (Å²) < 4.78 is 11.5. The number of carbonyl (C=O) groups is 1. The van der Waals surface area contributed by atoms with Gasteiger partial charge in [0.2, 0.25) is 0 Å². The van der Waals surface area contributed by atoms with Gasteiger partial charge in [0.25, 0.3) is 0 Å². The molecule has 1 aromatic heterocycles. The number of aliphatic hydroxyl groups excluding tert-OH is 2. The summed E-state index contributed by atoms with van der Waals surface area (Å²) in [6, 6.07) is 0. The molecule has 2 N–H and O–H groups in total. The van der Waals surface area contributed by atoms with Crippen molar-refractivity contribution in [1.29, 1.82) is 0 Å². The lowest BCUT2D eigenvalue weighted by Crippen LogP contribution is -2.24. The third kappa shape index (κ3) is 2.53. The fraction of sp³-hybridized carbons (Fsp3) is 0.636. The second kappa shape index (κ2) is 5.47. The first-order chi connectivity index (χ1) is 8.65. The minimum absolute atomic E-state index is 0.240. The Hall–Kier alpha value is -1.44. The Morgan fingerprint density at radius 2 is 2.50 bits per heavy atom. The van der Waals surface area contributed by atoms with Crippen LogP contribution in [0.15, 0.2) is 12.5 Å². The molecule has 1 fully saturated rings. The first kappa shape index (κ1) is 13.0. The van der Waals surface area contributed by atoms with Crippen LogP contribution in [0.3, 0.4) is 0 Å². The van der Waals surface area contributed by atoms with Crippen molar-refractivity contribution in [2.45, 2.75) is 31.7 Å². The number of imidazole rings is 1. The van der Waals surface area contributed by atoms with Crippen LogP contribution in [0.5, 0.6) is 0 Å². The zero-order chi connectivity index (χ0) is 13.1. The molecular formula is C11H16N2O5. The van der Waals surface area contributed by atoms with Gasteiger partial charge in [-0.3, -0.25) is 0 Å². The third-order valence-electron chi connectivity index (χ3n) is 2.81. The molecule has 7 heteroatoms. The summed E-state index contributed by atoms with van der Waals surface area (Å²) in [6.07, 6.45) is 0.979. The molecule has 2 heterocycles. The number of carbonyl (C=O) groups excluding carboxylic acids is 1. The Bertz CT molecular complexity index is 419. The summed E-state index contributed by atoms with van der Waals surface area (Å²) >= 11 is 0. The number of aliphatic hydroxyl groups is 2. The van der Waals surface area contributed by atoms with E-state index < -0.39 is 24.4 Å². The minimum Gasteiger partial charge on any atom is -0.449 e. The molecule has 0 saturated carbocycles. The number of rotatable bonds is 3. The molecule has 2 rings (SSSR count). The van der Waals surface area contributed by atoms with Crippen LogP contribution in [-0.2, 0) is 9.47 Å². The second-order valence-corrected chi connectivity index (χ2v) is 4.05. The van der Waals surface area contributed by atoms with Gasteiger partial charge in [0.15, 0.2) is 0 Å². The largest absolute Gasteiger partial charge is 0.449 e. The normalized spacial score (nSPS) is 27.4. The van der Waals surface area contributed by atoms with E-state index in [-0.39, 0.29) is 13.2 Å². The van der Waals surface area contributed by atoms with Gasteiger partial charge in [-0.25, -0.2) is 14.3 Å². The maximum Gasteiger partial charge on any atom is 0.419 e. The summed E-state index contributed by atoms with van der Waals surface area (Å²) in [5, 5.41) is 18.6. The van der Waals surface area contributed by atoms with Crippen LogP contribution >= 0.6 is 0 Å². The number of hydrogen-bond donors (Lipinski definition) is 2. The van der Waals surface area contributed by atoms with E-state index in [1.807, 2.05) is 0 Å². The molecule has 0 spiro atoms. The van der Waals surface area contributed by atoms with Crippen LogP contribution in [0.2, 0.25) is 0 Å². The van der Waals surface area contributed by atoms with Crippen molar-refractivity contribution in [3.8, 4) is 0 Å². The van der Waals surface area contributed by atoms with E-state index >= 15 is 0 Å². The van der Waals surface area contributed by atoms with Crippen LogP contribution in [-0.4, -0.2) is 51.3 Å². The van der Waals surface area contributed by atoms with Crippen molar-refractivity contribution < 1.29 is 24.5 Å². The predicted octanol–water partition coefficient (Wildman–Crippen LogP) is 0.0709. The molecule has 0 radical (unpaired) electrons. The van der Waals surface area contributed by atoms with Crippen molar-refractivity contribution in [2.24, 2.45) is 0 Å². The maximum absolute atomic E-state index is 11.4. The molecule has 1 aliphatic heterocycles. The molecule has 0 amide bonds. The van der Waals surface area contributed by atoms with Gasteiger partial charge in [0, 0.05) is 12.6 Å². The van der Waals surface area contributed by atoms with Gasteiger partial charge in [0.05, 0.1) is 25.0 Å². The Labute approximate surface area is 104 Å². The quantitative estimate of drug-likeness (QED) is 0.795. The number of ether oxygens (including phenoxy) is 2. The van der Waals surface area contributed by atoms with Gasteiger partial charge in [-0.15, -0.1) is 0 Å². The molecule has 1 aliphatic rings. The van der Waals surface area contributed by atoms with E-state index in [1.54, 1.807) is 6.92 Å². The van der Waals surface area contributed by atoms with E-state index in [4.69, 9.17) is 14.6 Å². The molecule has 0 aromatic carbocycles. The standard InChI is InChI=1S/C11H16N2O5/c1-2-17-11(16)13-4-7(12-6-13)9-3-8(15)10(5-14)18-9/h4,6,8-10,14-15H,2-3,5H2,1H3/t8-,9+,10+/m0/s1. The molecular weight excluding hydrogens is 240 g/mol. The summed E-state index contributed by atoms with van der Waals surface area (Å²) in [5.41, 5.74) is 0.540. The SMILES string of the molecule is CCOC(=O)n1cnc([C@H]2C[C@H](O)[C@@H](CO)O2)c1. The average molecular weight is 256 g/mol. The van der Waals surface area contributed by atoms with Gasteiger partial charge in [0.1, 0.15) is 18.5 Å². The molecule has 0 unspecified atom stereocenters. The van der Waals surface area contributed by atoms with Gasteiger partial charge in [-0.05, 0) is 6.92 Å². The predicted molar refractivity (Wildman–Crippen MR) is 60.0 cm³/mol. The van der Waals surface area contributed by atoms with Crippen LogP contribution in [0.25, 0.3) is 0 Å². The summed E-state index contributed by atoms with van der Waals surface area (Å²) in [4.78, 5) is 15.5. The summed E-state index contributed by atoms with van der Waals surface area (Å²) in [7, 11) is 0. The molecule has 7 nitrogen and oxygen atoms in total. The molecule has 0 aliphatic carbocycles. The van der Waals surface area contributed by atoms with Crippen LogP contribution in [0.4, 0.5) is 4.79 Å². The summed E-state index contributed by atoms with van der Waals surface area (Å²) in [6.45, 7) is 1.77. The topological polar surface area (TPSA) is 93.8 Å². The zero-order valence-electron chi connectivity index (χ0n) is 10.0. The Balaban J connectivity index is 2.05. The van der Waals surface area contributed by atoms with Crippen molar-refractivity contribution >= 4 is 6.09 Å². The Morgan fingerprint density at radius 3 is 3.11 bits per heavy atom. The van der Waals surface area contributed by atoms with Crippen molar-refractivity contribution in [1.82, 2.24) is 9.55 Å². The lowest BCUT2D eigenvalue weighted by atomic mass is 10.1. The smallest absolute Gasteiger partial charge is 0.419 e. The third-order valence-corrected chi connectivity index (χ3v) is 2.81. The summed E-state index contributed by atoms with van der Waals surface area (Å²) in [5.74, 6) is 0. The fourth-order valence-corrected chi connectivity index (χ4v) is 1.89. The maximum atomic E-state index is 11.4. The van der Waals surface area contributed by atoms with E-state index in [0.29, 0.717) is 12.1 Å². The number of aromatic nitrogens is 2. The van der Waals surface area contributed by atoms with Gasteiger partial charge in [-0.2, -0.15) is 0 Å². The van der Waals surface area contributed by atoms with Crippen LogP contribution < -0.4 is 0 Å². The monoisotopic (exact) mass is 256 g/mol. The molecule has 0 bridgehead atoms. The van der Waals surface area contributed by atoms with Crippen molar-refractivity contribution in [3.05, 3.63) is 18.2 Å². The van der Waals surface area contributed by atoms with E-state index in [0.717, 1.165) is 0 Å². The Morgan fingerprint density at radius 1 is 1.72 bits per heavy atom.